The van der Waals surface area contributed by atoms with Gasteiger partial charge in [0.2, 0.25) is 5.91 Å². The van der Waals surface area contributed by atoms with Crippen molar-refractivity contribution >= 4 is 23.2 Å². The summed E-state index contributed by atoms with van der Waals surface area (Å²) in [7, 11) is 3.13. The fourth-order valence-corrected chi connectivity index (χ4v) is 4.55. The van der Waals surface area contributed by atoms with Crippen molar-refractivity contribution in [1.82, 2.24) is 15.2 Å². The van der Waals surface area contributed by atoms with E-state index in [1.165, 1.54) is 0 Å². The number of nitrogens with one attached hydrogen (secondary N) is 1. The van der Waals surface area contributed by atoms with Gasteiger partial charge < -0.3 is 19.7 Å². The Morgan fingerprint density at radius 2 is 1.81 bits per heavy atom. The number of hydrogen-bond donors (Lipinski definition) is 1. The quantitative estimate of drug-likeness (QED) is 0.598. The number of unbranched alkanes of at least 4 members (excludes halogenated alkanes) is 1. The number of carbonyl (C=O) groups is 2. The lowest BCUT2D eigenvalue weighted by atomic mass is 9.95. The smallest absolute Gasteiger partial charge is 0.254 e. The number of nitrogens with zero attached hydrogens (tertiary/aromatic N) is 2. The van der Waals surface area contributed by atoms with Gasteiger partial charge in [0.25, 0.3) is 5.91 Å². The second kappa shape index (κ2) is 11.1. The maximum atomic E-state index is 12.9. The molecule has 0 spiro atoms. The minimum atomic E-state index is -0.0616. The van der Waals surface area contributed by atoms with Crippen LogP contribution in [-0.2, 0) is 11.2 Å². The highest BCUT2D eigenvalue weighted by Crippen LogP contribution is 2.25. The van der Waals surface area contributed by atoms with E-state index >= 15 is 0 Å². The average Bonchev–Trinajstić information content (AvgIpc) is 3.22. The van der Waals surface area contributed by atoms with Gasteiger partial charge in [-0.2, -0.15) is 0 Å². The fourth-order valence-electron chi connectivity index (χ4n) is 3.73. The first-order chi connectivity index (χ1) is 15.0. The monoisotopic (exact) mass is 445 g/mol. The summed E-state index contributed by atoms with van der Waals surface area (Å²) in [6.07, 6.45) is 4.28. The first kappa shape index (κ1) is 23.1. The molecule has 2 heterocycles. The molecule has 168 valence electrons. The number of amides is 2. The van der Waals surface area contributed by atoms with Gasteiger partial charge in [-0.3, -0.25) is 9.59 Å². The van der Waals surface area contributed by atoms with Gasteiger partial charge in [0.05, 0.1) is 19.2 Å². The van der Waals surface area contributed by atoms with Gasteiger partial charge in [0, 0.05) is 48.3 Å². The molecule has 1 aliphatic heterocycles. The second-order valence-electron chi connectivity index (χ2n) is 7.80. The zero-order valence-electron chi connectivity index (χ0n) is 18.5. The standard InChI is InChI=1S/C23H31N3O4S/c1-16-15-31-21(25-16)6-4-5-9-24-22(27)17-7-10-26(11-8-17)23(28)18-12-19(29-2)14-20(13-18)30-3/h12-15,17H,4-11H2,1-3H3,(H,24,27). The van der Waals surface area contributed by atoms with E-state index in [-0.39, 0.29) is 17.7 Å². The third-order valence-corrected chi connectivity index (χ3v) is 6.56. The van der Waals surface area contributed by atoms with Crippen LogP contribution in [0.4, 0.5) is 0 Å². The van der Waals surface area contributed by atoms with Crippen LogP contribution in [0.2, 0.25) is 0 Å². The Morgan fingerprint density at radius 3 is 2.39 bits per heavy atom. The molecule has 0 atom stereocenters. The Balaban J connectivity index is 1.40. The van der Waals surface area contributed by atoms with Crippen LogP contribution >= 0.6 is 11.3 Å². The first-order valence-electron chi connectivity index (χ1n) is 10.7. The molecule has 1 N–H and O–H groups in total. The van der Waals surface area contributed by atoms with E-state index in [1.54, 1.807) is 48.7 Å². The molecule has 7 nitrogen and oxygen atoms in total. The number of methoxy groups -OCH3 is 2. The van der Waals surface area contributed by atoms with Gasteiger partial charge in [-0.05, 0) is 51.2 Å². The zero-order chi connectivity index (χ0) is 22.2. The topological polar surface area (TPSA) is 80.8 Å². The van der Waals surface area contributed by atoms with Gasteiger partial charge >= 0.3 is 0 Å². The molecule has 0 unspecified atom stereocenters. The van der Waals surface area contributed by atoms with Gasteiger partial charge in [-0.1, -0.05) is 0 Å². The van der Waals surface area contributed by atoms with Gasteiger partial charge in [-0.25, -0.2) is 4.98 Å². The molecule has 31 heavy (non-hydrogen) atoms. The minimum Gasteiger partial charge on any atom is -0.497 e. The summed E-state index contributed by atoms with van der Waals surface area (Å²) in [5.74, 6) is 1.17. The lowest BCUT2D eigenvalue weighted by Gasteiger charge is -2.31. The van der Waals surface area contributed by atoms with Crippen LogP contribution in [0.3, 0.4) is 0 Å². The number of hydrogen-bond acceptors (Lipinski definition) is 6. The van der Waals surface area contributed by atoms with E-state index in [0.29, 0.717) is 49.5 Å². The molecule has 0 saturated carbocycles. The number of benzene rings is 1. The van der Waals surface area contributed by atoms with Crippen molar-refractivity contribution in [2.45, 2.75) is 39.0 Å². The molecule has 1 aromatic heterocycles. The van der Waals surface area contributed by atoms with E-state index in [2.05, 4.69) is 15.7 Å². The number of thiazole rings is 1. The summed E-state index contributed by atoms with van der Waals surface area (Å²) in [4.78, 5) is 31.6. The number of ether oxygens (including phenoxy) is 2. The summed E-state index contributed by atoms with van der Waals surface area (Å²) in [5.41, 5.74) is 1.61. The summed E-state index contributed by atoms with van der Waals surface area (Å²) in [5, 5.41) is 6.29. The number of aromatic nitrogens is 1. The highest BCUT2D eigenvalue weighted by Gasteiger charge is 2.28. The molecule has 0 radical (unpaired) electrons. The van der Waals surface area contributed by atoms with E-state index in [0.717, 1.165) is 30.0 Å². The van der Waals surface area contributed by atoms with Crippen LogP contribution in [0, 0.1) is 12.8 Å². The van der Waals surface area contributed by atoms with Crippen LogP contribution < -0.4 is 14.8 Å². The predicted molar refractivity (Wildman–Crippen MR) is 121 cm³/mol. The highest BCUT2D eigenvalue weighted by molar-refractivity contribution is 7.09. The Morgan fingerprint density at radius 1 is 1.13 bits per heavy atom. The lowest BCUT2D eigenvalue weighted by molar-refractivity contribution is -0.126. The first-order valence-corrected chi connectivity index (χ1v) is 11.6. The molecule has 8 heteroatoms. The number of aryl methyl sites for hydroxylation is 2. The van der Waals surface area contributed by atoms with Crippen molar-refractivity contribution in [3.05, 3.63) is 39.8 Å². The summed E-state index contributed by atoms with van der Waals surface area (Å²) >= 11 is 1.70. The normalized spacial score (nSPS) is 14.4. The molecule has 1 aromatic carbocycles. The summed E-state index contributed by atoms with van der Waals surface area (Å²) < 4.78 is 10.5. The lowest BCUT2D eigenvalue weighted by Crippen LogP contribution is -2.43. The third kappa shape index (κ3) is 6.43. The Hall–Kier alpha value is -2.61. The second-order valence-corrected chi connectivity index (χ2v) is 8.74. The van der Waals surface area contributed by atoms with Crippen molar-refractivity contribution < 1.29 is 19.1 Å². The van der Waals surface area contributed by atoms with Crippen LogP contribution in [0.15, 0.2) is 23.6 Å². The highest BCUT2D eigenvalue weighted by atomic mass is 32.1. The maximum absolute atomic E-state index is 12.9. The van der Waals surface area contributed by atoms with Crippen LogP contribution in [0.25, 0.3) is 0 Å². The van der Waals surface area contributed by atoms with Crippen molar-refractivity contribution in [3.8, 4) is 11.5 Å². The molecule has 1 fully saturated rings. The Labute approximate surface area is 187 Å². The van der Waals surface area contributed by atoms with Gasteiger partial charge in [0.15, 0.2) is 0 Å². The molecule has 0 aliphatic carbocycles. The zero-order valence-corrected chi connectivity index (χ0v) is 19.3. The van der Waals surface area contributed by atoms with Crippen molar-refractivity contribution in [3.63, 3.8) is 0 Å². The van der Waals surface area contributed by atoms with E-state index in [4.69, 9.17) is 9.47 Å². The number of likely N-dealkylation sites (tertiary alicyclic amines) is 1. The Bertz CT molecular complexity index is 868. The summed E-state index contributed by atoms with van der Waals surface area (Å²) in [6, 6.07) is 5.18. The third-order valence-electron chi connectivity index (χ3n) is 5.53. The van der Waals surface area contributed by atoms with Gasteiger partial charge in [-0.15, -0.1) is 11.3 Å². The number of piperidine rings is 1. The van der Waals surface area contributed by atoms with Crippen molar-refractivity contribution in [2.75, 3.05) is 33.9 Å². The predicted octanol–water partition coefficient (Wildman–Crippen LogP) is 3.46. The van der Waals surface area contributed by atoms with E-state index in [1.807, 2.05) is 6.92 Å². The largest absolute Gasteiger partial charge is 0.497 e. The van der Waals surface area contributed by atoms with E-state index < -0.39 is 0 Å². The van der Waals surface area contributed by atoms with Crippen molar-refractivity contribution in [2.24, 2.45) is 5.92 Å². The molecule has 1 aliphatic rings. The van der Waals surface area contributed by atoms with Crippen molar-refractivity contribution in [1.29, 1.82) is 0 Å². The average molecular weight is 446 g/mol. The Kier molecular flexibility index (Phi) is 8.28. The van der Waals surface area contributed by atoms with E-state index in [9.17, 15) is 9.59 Å². The molecule has 2 amide bonds. The molecular formula is C23H31N3O4S. The molecule has 3 rings (SSSR count). The number of carbonyl (C=O) groups excluding carboxylic acids is 2. The van der Waals surface area contributed by atoms with Crippen LogP contribution in [-0.4, -0.2) is 55.6 Å². The molecule has 1 saturated heterocycles. The number of rotatable bonds is 9. The van der Waals surface area contributed by atoms with Crippen LogP contribution in [0.1, 0.15) is 46.7 Å². The SMILES string of the molecule is COc1cc(OC)cc(C(=O)N2CCC(C(=O)NCCCCc3nc(C)cs3)CC2)c1. The molecule has 2 aromatic rings. The minimum absolute atomic E-state index is 0.0366. The molecular weight excluding hydrogens is 414 g/mol. The maximum Gasteiger partial charge on any atom is 0.254 e. The molecule has 0 bridgehead atoms. The summed E-state index contributed by atoms with van der Waals surface area (Å²) in [6.45, 7) is 3.83. The van der Waals surface area contributed by atoms with Gasteiger partial charge in [0.1, 0.15) is 11.5 Å². The fraction of sp³-hybridized carbons (Fsp3) is 0.522. The van der Waals surface area contributed by atoms with Crippen LogP contribution in [0.5, 0.6) is 11.5 Å².